The van der Waals surface area contributed by atoms with Crippen LogP contribution in [0, 0.1) is 0 Å². The molecular formula is C20H35NO16. The number of hydrogen-bond acceptors (Lipinski definition) is 16. The van der Waals surface area contributed by atoms with Crippen LogP contribution in [0.3, 0.4) is 0 Å². The van der Waals surface area contributed by atoms with Gasteiger partial charge in [-0.3, -0.25) is 4.79 Å². The number of amides is 1. The lowest BCUT2D eigenvalue weighted by molar-refractivity contribution is -0.348. The fraction of sp³-hybridized carbons (Fsp3) is 0.950. The van der Waals surface area contributed by atoms with Gasteiger partial charge in [-0.25, -0.2) is 0 Å². The smallest absolute Gasteiger partial charge is 0.217 e. The van der Waals surface area contributed by atoms with Gasteiger partial charge in [-0.05, 0) is 0 Å². The molecule has 0 bridgehead atoms. The number of nitrogens with one attached hydrogen (secondary N) is 1. The number of aliphatic hydroxyl groups is 10. The van der Waals surface area contributed by atoms with Crippen molar-refractivity contribution in [3.8, 4) is 0 Å². The maximum absolute atomic E-state index is 11.7. The Hall–Kier alpha value is -1.13. The van der Waals surface area contributed by atoms with Crippen LogP contribution >= 0.6 is 0 Å². The Labute approximate surface area is 210 Å². The molecule has 17 nitrogen and oxygen atoms in total. The number of carbonyl (C=O) groups excluding carboxylic acids is 1. The molecule has 3 aliphatic rings. The second-order valence-electron chi connectivity index (χ2n) is 9.11. The summed E-state index contributed by atoms with van der Waals surface area (Å²) in [7, 11) is 0. The Kier molecular flexibility index (Phi) is 10.5. The number of rotatable bonds is 8. The maximum atomic E-state index is 11.7. The van der Waals surface area contributed by atoms with Gasteiger partial charge in [0.15, 0.2) is 18.9 Å². The molecule has 0 saturated carbocycles. The van der Waals surface area contributed by atoms with Gasteiger partial charge >= 0.3 is 0 Å². The molecule has 0 radical (unpaired) electrons. The van der Waals surface area contributed by atoms with Gasteiger partial charge in [-0.15, -0.1) is 0 Å². The third-order valence-electron chi connectivity index (χ3n) is 6.48. The van der Waals surface area contributed by atoms with Crippen molar-refractivity contribution in [2.45, 2.75) is 99.0 Å². The average Bonchev–Trinajstić information content (AvgIpc) is 2.86. The van der Waals surface area contributed by atoms with Crippen LogP contribution in [0.15, 0.2) is 0 Å². The number of carbonyl (C=O) groups is 1. The van der Waals surface area contributed by atoms with Gasteiger partial charge in [0.25, 0.3) is 0 Å². The molecule has 17 heteroatoms. The lowest BCUT2D eigenvalue weighted by atomic mass is 9.95. The van der Waals surface area contributed by atoms with Crippen LogP contribution in [-0.4, -0.2) is 169 Å². The summed E-state index contributed by atoms with van der Waals surface area (Å²) in [5.74, 6) is -0.654. The first kappa shape index (κ1) is 30.4. The Morgan fingerprint density at radius 1 is 0.703 bits per heavy atom. The molecule has 0 aliphatic carbocycles. The fourth-order valence-corrected chi connectivity index (χ4v) is 4.35. The van der Waals surface area contributed by atoms with E-state index in [9.17, 15) is 55.9 Å². The summed E-state index contributed by atoms with van der Waals surface area (Å²) in [6, 6.07) is -1.43. The van der Waals surface area contributed by atoms with Gasteiger partial charge in [-0.1, -0.05) is 0 Å². The van der Waals surface area contributed by atoms with Gasteiger partial charge in [0.1, 0.15) is 73.2 Å². The molecule has 37 heavy (non-hydrogen) atoms. The first-order chi connectivity index (χ1) is 17.4. The third-order valence-corrected chi connectivity index (χ3v) is 6.48. The first-order valence-corrected chi connectivity index (χ1v) is 11.6. The molecule has 3 rings (SSSR count). The molecule has 11 N–H and O–H groups in total. The van der Waals surface area contributed by atoms with Gasteiger partial charge in [0, 0.05) is 6.92 Å². The summed E-state index contributed by atoms with van der Waals surface area (Å²) in [5.41, 5.74) is 0. The van der Waals surface area contributed by atoms with Gasteiger partial charge < -0.3 is 80.1 Å². The van der Waals surface area contributed by atoms with E-state index in [4.69, 9.17) is 23.7 Å². The molecule has 0 aromatic rings. The van der Waals surface area contributed by atoms with Crippen molar-refractivity contribution in [1.82, 2.24) is 5.32 Å². The highest BCUT2D eigenvalue weighted by Gasteiger charge is 2.52. The normalized spacial score (nSPS) is 49.0. The SMILES string of the molecule is CC(=O)N[C@H]1C(O)O[C@H](CO[C@@H]2O[C@H](CO)[C@H](O)[C@H](O)[C@H]2O)[C@@H](O)[C@@H]1O[C@@H]1O[C@H](CO)[C@H](O)[C@H](O)[C@H]1O. The van der Waals surface area contributed by atoms with Crippen molar-refractivity contribution in [2.75, 3.05) is 19.8 Å². The predicted octanol–water partition coefficient (Wildman–Crippen LogP) is -7.43. The van der Waals surface area contributed by atoms with Crippen LogP contribution < -0.4 is 5.32 Å². The molecule has 1 unspecified atom stereocenters. The zero-order valence-corrected chi connectivity index (χ0v) is 19.7. The molecule has 3 heterocycles. The maximum Gasteiger partial charge on any atom is 0.217 e. The van der Waals surface area contributed by atoms with E-state index in [2.05, 4.69) is 5.32 Å². The molecule has 3 fully saturated rings. The van der Waals surface area contributed by atoms with E-state index in [1.807, 2.05) is 0 Å². The number of aliphatic hydroxyl groups excluding tert-OH is 10. The largest absolute Gasteiger partial charge is 0.394 e. The Morgan fingerprint density at radius 2 is 1.22 bits per heavy atom. The van der Waals surface area contributed by atoms with Crippen LogP contribution in [0.4, 0.5) is 0 Å². The van der Waals surface area contributed by atoms with E-state index < -0.39 is 118 Å². The summed E-state index contributed by atoms with van der Waals surface area (Å²) < 4.78 is 26.8. The van der Waals surface area contributed by atoms with Gasteiger partial charge in [-0.2, -0.15) is 0 Å². The quantitative estimate of drug-likeness (QED) is 0.135. The summed E-state index contributed by atoms with van der Waals surface area (Å²) in [6.07, 6.45) is -22.9. The minimum atomic E-state index is -1.85. The van der Waals surface area contributed by atoms with Gasteiger partial charge in [0.05, 0.1) is 19.8 Å². The molecule has 3 saturated heterocycles. The summed E-state index contributed by atoms with van der Waals surface area (Å²) in [6.45, 7) is -0.964. The van der Waals surface area contributed by atoms with Crippen molar-refractivity contribution >= 4 is 5.91 Å². The topological polar surface area (TPSA) is 278 Å². The predicted molar refractivity (Wildman–Crippen MR) is 113 cm³/mol. The lowest BCUT2D eigenvalue weighted by Crippen LogP contribution is -2.68. The molecule has 0 aromatic carbocycles. The summed E-state index contributed by atoms with van der Waals surface area (Å²) in [5, 5.41) is 103. The number of hydrogen-bond donors (Lipinski definition) is 11. The van der Waals surface area contributed by atoms with E-state index >= 15 is 0 Å². The Bertz CT molecular complexity index is 743. The van der Waals surface area contributed by atoms with Crippen LogP contribution in [-0.2, 0) is 28.5 Å². The molecule has 216 valence electrons. The lowest BCUT2D eigenvalue weighted by Gasteiger charge is -2.47. The van der Waals surface area contributed by atoms with Crippen molar-refractivity contribution in [3.05, 3.63) is 0 Å². The molecular weight excluding hydrogens is 510 g/mol. The monoisotopic (exact) mass is 545 g/mol. The summed E-state index contributed by atoms with van der Waals surface area (Å²) in [4.78, 5) is 11.7. The van der Waals surface area contributed by atoms with E-state index in [0.29, 0.717) is 0 Å². The van der Waals surface area contributed by atoms with E-state index in [0.717, 1.165) is 6.92 Å². The second-order valence-corrected chi connectivity index (χ2v) is 9.11. The van der Waals surface area contributed by atoms with Crippen LogP contribution in [0.1, 0.15) is 6.92 Å². The van der Waals surface area contributed by atoms with Crippen molar-refractivity contribution in [2.24, 2.45) is 0 Å². The van der Waals surface area contributed by atoms with Crippen LogP contribution in [0.2, 0.25) is 0 Å². The zero-order valence-electron chi connectivity index (χ0n) is 19.7. The van der Waals surface area contributed by atoms with E-state index in [1.165, 1.54) is 0 Å². The highest BCUT2D eigenvalue weighted by atomic mass is 16.7. The highest BCUT2D eigenvalue weighted by Crippen LogP contribution is 2.30. The standard InChI is InChI=1S/C20H35NO16/c1-5(24)21-9-17(37-20-16(31)14(29)11(26)7(3-23)36-20)12(27)8(34-18(9)32)4-33-19-15(30)13(28)10(25)6(2-22)35-19/h6-20,22-23,25-32H,2-4H2,1H3,(H,21,24)/t6-,7-,8-,9-,10+,11+,12-,13+,14+,15-,16-,17-,18?,19-,20+/m1/s1. The van der Waals surface area contributed by atoms with Crippen LogP contribution in [0.25, 0.3) is 0 Å². The molecule has 3 aliphatic heterocycles. The third kappa shape index (κ3) is 6.55. The highest BCUT2D eigenvalue weighted by molar-refractivity contribution is 5.73. The van der Waals surface area contributed by atoms with E-state index in [1.54, 1.807) is 0 Å². The average molecular weight is 545 g/mol. The summed E-state index contributed by atoms with van der Waals surface area (Å²) >= 11 is 0. The van der Waals surface area contributed by atoms with Crippen molar-refractivity contribution in [3.63, 3.8) is 0 Å². The molecule has 0 aromatic heterocycles. The molecule has 1 amide bonds. The number of ether oxygens (including phenoxy) is 5. The molecule has 0 spiro atoms. The van der Waals surface area contributed by atoms with Crippen molar-refractivity contribution < 1.29 is 79.5 Å². The van der Waals surface area contributed by atoms with Crippen LogP contribution in [0.5, 0.6) is 0 Å². The van der Waals surface area contributed by atoms with Crippen molar-refractivity contribution in [1.29, 1.82) is 0 Å². The Balaban J connectivity index is 1.74. The zero-order chi connectivity index (χ0) is 27.6. The fourth-order valence-electron chi connectivity index (χ4n) is 4.35. The molecule has 15 atom stereocenters. The Morgan fingerprint density at radius 3 is 1.73 bits per heavy atom. The second kappa shape index (κ2) is 12.8. The first-order valence-electron chi connectivity index (χ1n) is 11.6. The minimum Gasteiger partial charge on any atom is -0.394 e. The van der Waals surface area contributed by atoms with E-state index in [-0.39, 0.29) is 0 Å². The van der Waals surface area contributed by atoms with Gasteiger partial charge in [0.2, 0.25) is 5.91 Å². The minimum absolute atomic E-state index is 0.609.